The van der Waals surface area contributed by atoms with E-state index in [1.807, 2.05) is 0 Å². The Balaban J connectivity index is 2.10. The maximum absolute atomic E-state index is 12.4. The van der Waals surface area contributed by atoms with Gasteiger partial charge < -0.3 is 10.3 Å². The van der Waals surface area contributed by atoms with Crippen molar-refractivity contribution in [1.29, 1.82) is 0 Å². The lowest BCUT2D eigenvalue weighted by molar-refractivity contribution is -0.137. The molecule has 0 saturated heterocycles. The van der Waals surface area contributed by atoms with Crippen molar-refractivity contribution in [1.82, 2.24) is 10.1 Å². The first-order chi connectivity index (χ1) is 8.47. The average Bonchev–Trinajstić information content (AvgIpc) is 2.79. The fourth-order valence-electron chi connectivity index (χ4n) is 1.25. The zero-order valence-corrected chi connectivity index (χ0v) is 9.76. The number of hydrogen-bond donors (Lipinski definition) is 1. The highest BCUT2D eigenvalue weighted by atomic mass is 32.2. The van der Waals surface area contributed by atoms with Gasteiger partial charge in [0, 0.05) is 10.6 Å². The molecule has 2 aromatic rings. The van der Waals surface area contributed by atoms with Gasteiger partial charge in [0.25, 0.3) is 0 Å². The molecule has 0 amide bonds. The Labute approximate surface area is 104 Å². The zero-order chi connectivity index (χ0) is 13.2. The lowest BCUT2D eigenvalue weighted by Crippen LogP contribution is -2.05. The summed E-state index contributed by atoms with van der Waals surface area (Å²) in [6, 6.07) is 3.25. The van der Waals surface area contributed by atoms with E-state index in [2.05, 4.69) is 14.7 Å². The van der Waals surface area contributed by atoms with Crippen molar-refractivity contribution in [2.75, 3.05) is 5.73 Å². The van der Waals surface area contributed by atoms with Crippen LogP contribution in [0.2, 0.25) is 0 Å². The number of nitrogens with zero attached hydrogens (tertiary/aromatic N) is 2. The normalized spacial score (nSPS) is 11.7. The maximum Gasteiger partial charge on any atom is 0.416 e. The largest absolute Gasteiger partial charge is 0.416 e. The number of anilines is 1. The van der Waals surface area contributed by atoms with Gasteiger partial charge in [-0.05, 0) is 18.2 Å². The van der Waals surface area contributed by atoms with Crippen molar-refractivity contribution in [2.45, 2.75) is 16.8 Å². The molecule has 0 aliphatic rings. The second-order valence-electron chi connectivity index (χ2n) is 3.39. The van der Waals surface area contributed by atoms with E-state index in [0.717, 1.165) is 12.1 Å². The van der Waals surface area contributed by atoms with E-state index >= 15 is 0 Å². The highest BCUT2D eigenvalue weighted by Crippen LogP contribution is 2.34. The van der Waals surface area contributed by atoms with Crippen LogP contribution in [-0.2, 0) is 11.9 Å². The van der Waals surface area contributed by atoms with Crippen molar-refractivity contribution < 1.29 is 17.7 Å². The number of nitrogen functional groups attached to an aromatic ring is 1. The van der Waals surface area contributed by atoms with Gasteiger partial charge >= 0.3 is 6.18 Å². The Morgan fingerprint density at radius 1 is 1.33 bits per heavy atom. The molecule has 0 bridgehead atoms. The first kappa shape index (κ1) is 12.7. The third-order valence-electron chi connectivity index (χ3n) is 2.10. The Morgan fingerprint density at radius 2 is 2.11 bits per heavy atom. The summed E-state index contributed by atoms with van der Waals surface area (Å²) in [7, 11) is 0. The minimum absolute atomic E-state index is 0.0818. The molecule has 4 nitrogen and oxygen atoms in total. The molecule has 0 atom stereocenters. The maximum atomic E-state index is 12.4. The Bertz CT molecular complexity index is 528. The molecule has 1 aromatic carbocycles. The summed E-state index contributed by atoms with van der Waals surface area (Å²) in [5.41, 5.74) is 4.89. The number of halogens is 3. The Morgan fingerprint density at radius 3 is 2.67 bits per heavy atom. The molecule has 0 aliphatic carbocycles. The van der Waals surface area contributed by atoms with E-state index in [1.165, 1.54) is 24.2 Å². The number of rotatable bonds is 3. The number of benzene rings is 1. The summed E-state index contributed by atoms with van der Waals surface area (Å²) in [4.78, 5) is 4.35. The molecule has 0 fully saturated rings. The van der Waals surface area contributed by atoms with Gasteiger partial charge in [-0.15, -0.1) is 11.8 Å². The molecule has 1 aromatic heterocycles. The van der Waals surface area contributed by atoms with Crippen molar-refractivity contribution in [3.63, 3.8) is 0 Å². The van der Waals surface area contributed by atoms with Gasteiger partial charge in [-0.1, -0.05) is 5.16 Å². The first-order valence-electron chi connectivity index (χ1n) is 4.81. The van der Waals surface area contributed by atoms with E-state index in [-0.39, 0.29) is 5.69 Å². The van der Waals surface area contributed by atoms with Gasteiger partial charge in [-0.2, -0.15) is 18.2 Å². The fourth-order valence-corrected chi connectivity index (χ4v) is 2.06. The summed E-state index contributed by atoms with van der Waals surface area (Å²) >= 11 is 1.25. The molecule has 0 saturated carbocycles. The third-order valence-corrected chi connectivity index (χ3v) is 3.19. The number of aromatic nitrogens is 2. The first-order valence-corrected chi connectivity index (χ1v) is 5.80. The molecule has 0 unspecified atom stereocenters. The van der Waals surface area contributed by atoms with Gasteiger partial charge in [0.1, 0.15) is 0 Å². The smallest absolute Gasteiger partial charge is 0.398 e. The molecular formula is C10H8F3N3OS. The van der Waals surface area contributed by atoms with Gasteiger partial charge in [0.2, 0.25) is 6.39 Å². The van der Waals surface area contributed by atoms with E-state index in [1.54, 1.807) is 0 Å². The van der Waals surface area contributed by atoms with Crippen LogP contribution in [0.5, 0.6) is 0 Å². The van der Waals surface area contributed by atoms with Crippen molar-refractivity contribution in [3.8, 4) is 0 Å². The zero-order valence-electron chi connectivity index (χ0n) is 8.94. The van der Waals surface area contributed by atoms with Crippen LogP contribution in [0.3, 0.4) is 0 Å². The van der Waals surface area contributed by atoms with E-state index in [0.29, 0.717) is 16.5 Å². The van der Waals surface area contributed by atoms with Crippen LogP contribution in [0, 0.1) is 0 Å². The second kappa shape index (κ2) is 4.89. The molecular weight excluding hydrogens is 267 g/mol. The van der Waals surface area contributed by atoms with Gasteiger partial charge in [0.05, 0.1) is 11.3 Å². The Hall–Kier alpha value is -1.70. The van der Waals surface area contributed by atoms with Crippen molar-refractivity contribution >= 4 is 17.4 Å². The van der Waals surface area contributed by atoms with Gasteiger partial charge in [0.15, 0.2) is 5.82 Å². The van der Waals surface area contributed by atoms with Gasteiger partial charge in [-0.3, -0.25) is 0 Å². The van der Waals surface area contributed by atoms with Crippen molar-refractivity contribution in [3.05, 3.63) is 36.0 Å². The van der Waals surface area contributed by atoms with Crippen LogP contribution in [0.25, 0.3) is 0 Å². The SMILES string of the molecule is Nc1cc(C(F)(F)F)ccc1SCc1ncon1. The van der Waals surface area contributed by atoms with Crippen LogP contribution >= 0.6 is 11.8 Å². The predicted octanol–water partition coefficient (Wildman–Crippen LogP) is 2.96. The van der Waals surface area contributed by atoms with Gasteiger partial charge in [-0.25, -0.2) is 0 Å². The van der Waals surface area contributed by atoms with E-state index < -0.39 is 11.7 Å². The van der Waals surface area contributed by atoms with Crippen molar-refractivity contribution in [2.24, 2.45) is 0 Å². The molecule has 1 heterocycles. The number of nitrogens with two attached hydrogens (primary N) is 1. The molecule has 0 aliphatic heterocycles. The standard InChI is InChI=1S/C10H8F3N3OS/c11-10(12,13)6-1-2-8(7(14)3-6)18-4-9-15-5-17-16-9/h1-3,5H,4,14H2. The average molecular weight is 275 g/mol. The minimum Gasteiger partial charge on any atom is -0.398 e. The fraction of sp³-hybridized carbons (Fsp3) is 0.200. The van der Waals surface area contributed by atoms with Crippen LogP contribution in [-0.4, -0.2) is 10.1 Å². The van der Waals surface area contributed by atoms with E-state index in [9.17, 15) is 13.2 Å². The molecule has 96 valence electrons. The highest BCUT2D eigenvalue weighted by molar-refractivity contribution is 7.98. The van der Waals surface area contributed by atoms with Crippen LogP contribution in [0.15, 0.2) is 34.0 Å². The molecule has 2 rings (SSSR count). The lowest BCUT2D eigenvalue weighted by Gasteiger charge is -2.09. The topological polar surface area (TPSA) is 64.9 Å². The van der Waals surface area contributed by atoms with Crippen LogP contribution in [0.1, 0.15) is 11.4 Å². The summed E-state index contributed by atoms with van der Waals surface area (Å²) < 4.78 is 41.8. The molecule has 18 heavy (non-hydrogen) atoms. The molecule has 0 spiro atoms. The summed E-state index contributed by atoms with van der Waals surface area (Å²) in [5.74, 6) is 0.839. The summed E-state index contributed by atoms with van der Waals surface area (Å²) in [6.45, 7) is 0. The monoisotopic (exact) mass is 275 g/mol. The molecule has 0 radical (unpaired) electrons. The van der Waals surface area contributed by atoms with Crippen LogP contribution < -0.4 is 5.73 Å². The van der Waals surface area contributed by atoms with Crippen LogP contribution in [0.4, 0.5) is 18.9 Å². The Kier molecular flexibility index (Phi) is 3.46. The molecule has 8 heteroatoms. The number of hydrogen-bond acceptors (Lipinski definition) is 5. The lowest BCUT2D eigenvalue weighted by atomic mass is 10.2. The summed E-state index contributed by atoms with van der Waals surface area (Å²) in [5, 5.41) is 3.59. The summed E-state index contributed by atoms with van der Waals surface area (Å²) in [6.07, 6.45) is -3.20. The molecule has 2 N–H and O–H groups in total. The third kappa shape index (κ3) is 2.95. The predicted molar refractivity (Wildman–Crippen MR) is 59.7 cm³/mol. The quantitative estimate of drug-likeness (QED) is 0.689. The number of thioether (sulfide) groups is 1. The minimum atomic E-state index is -4.38. The second-order valence-corrected chi connectivity index (χ2v) is 4.40. The highest BCUT2D eigenvalue weighted by Gasteiger charge is 2.30. The van der Waals surface area contributed by atoms with E-state index in [4.69, 9.17) is 5.73 Å². The number of alkyl halides is 3.